The average molecular weight is 384 g/mol. The average Bonchev–Trinajstić information content (AvgIpc) is 3.22. The number of hydrogen-bond acceptors (Lipinski definition) is 3. The second-order valence-corrected chi connectivity index (χ2v) is 8.30. The molecular formula is C24H21N3S. The topological polar surface area (TPSA) is 52.5 Å². The first kappa shape index (κ1) is 18.3. The van der Waals surface area contributed by atoms with Crippen LogP contribution in [0, 0.1) is 36.5 Å². The van der Waals surface area contributed by atoms with E-state index in [2.05, 4.69) is 36.6 Å². The van der Waals surface area contributed by atoms with Crippen LogP contribution in [0.15, 0.2) is 36.4 Å². The molecule has 0 amide bonds. The molecule has 0 saturated carbocycles. The molecule has 0 spiro atoms. The smallest absolute Gasteiger partial charge is 0.129 e. The van der Waals surface area contributed by atoms with Crippen LogP contribution in [0.4, 0.5) is 0 Å². The summed E-state index contributed by atoms with van der Waals surface area (Å²) in [5, 5.41) is 19.4. The lowest BCUT2D eigenvalue weighted by molar-refractivity contribution is 0.692. The minimum atomic E-state index is 0.647. The van der Waals surface area contributed by atoms with Crippen molar-refractivity contribution in [3.8, 4) is 17.8 Å². The van der Waals surface area contributed by atoms with Crippen molar-refractivity contribution in [2.24, 2.45) is 0 Å². The number of fused-ring (bicyclic) bond motifs is 1. The van der Waals surface area contributed by atoms with Crippen LogP contribution in [0.25, 0.3) is 17.3 Å². The Morgan fingerprint density at radius 3 is 2.57 bits per heavy atom. The van der Waals surface area contributed by atoms with Gasteiger partial charge in [-0.25, -0.2) is 0 Å². The Kier molecular flexibility index (Phi) is 4.90. The first-order chi connectivity index (χ1) is 13.6. The number of rotatable bonds is 3. The van der Waals surface area contributed by atoms with Crippen molar-refractivity contribution in [1.82, 2.24) is 4.57 Å². The Morgan fingerprint density at radius 2 is 1.86 bits per heavy atom. The molecule has 0 bridgehead atoms. The third-order valence-corrected chi connectivity index (χ3v) is 6.63. The van der Waals surface area contributed by atoms with Gasteiger partial charge in [0, 0.05) is 16.3 Å². The van der Waals surface area contributed by atoms with Gasteiger partial charge in [0.05, 0.1) is 17.3 Å². The van der Waals surface area contributed by atoms with Crippen LogP contribution in [0.1, 0.15) is 50.7 Å². The zero-order valence-corrected chi connectivity index (χ0v) is 16.9. The summed E-state index contributed by atoms with van der Waals surface area (Å²) in [6.07, 6.45) is 6.46. The second kappa shape index (κ2) is 7.50. The van der Waals surface area contributed by atoms with Crippen LogP contribution in [-0.2, 0) is 12.8 Å². The Bertz CT molecular complexity index is 1150. The predicted octanol–water partition coefficient (Wildman–Crippen LogP) is 5.97. The van der Waals surface area contributed by atoms with Gasteiger partial charge in [0.2, 0.25) is 0 Å². The Hall–Kier alpha value is -3.08. The van der Waals surface area contributed by atoms with Gasteiger partial charge in [-0.2, -0.15) is 10.5 Å². The van der Waals surface area contributed by atoms with Crippen LogP contribution >= 0.6 is 11.3 Å². The van der Waals surface area contributed by atoms with E-state index in [1.165, 1.54) is 23.3 Å². The highest BCUT2D eigenvalue weighted by molar-refractivity contribution is 7.13. The van der Waals surface area contributed by atoms with Crippen molar-refractivity contribution in [2.45, 2.75) is 39.5 Å². The van der Waals surface area contributed by atoms with Crippen molar-refractivity contribution in [3.05, 3.63) is 74.2 Å². The molecule has 3 aromatic rings. The summed E-state index contributed by atoms with van der Waals surface area (Å²) in [5.74, 6) is 0. The largest absolute Gasteiger partial charge is 0.316 e. The van der Waals surface area contributed by atoms with Crippen molar-refractivity contribution < 1.29 is 0 Å². The number of nitriles is 2. The summed E-state index contributed by atoms with van der Waals surface area (Å²) in [6.45, 7) is 4.15. The van der Waals surface area contributed by atoms with Gasteiger partial charge < -0.3 is 4.57 Å². The predicted molar refractivity (Wildman–Crippen MR) is 114 cm³/mol. The lowest BCUT2D eigenvalue weighted by atomic mass is 9.97. The van der Waals surface area contributed by atoms with E-state index in [4.69, 9.17) is 0 Å². The highest BCUT2D eigenvalue weighted by atomic mass is 32.1. The quantitative estimate of drug-likeness (QED) is 0.523. The fourth-order valence-electron chi connectivity index (χ4n) is 4.09. The number of hydrogen-bond donors (Lipinski definition) is 0. The van der Waals surface area contributed by atoms with Crippen molar-refractivity contribution in [1.29, 1.82) is 10.5 Å². The highest BCUT2D eigenvalue weighted by Crippen LogP contribution is 2.38. The standard InChI is InChI=1S/C24H21N3S/c1-16-12-19(13-20(14-25)18-8-4-3-5-9-18)17(2)27(16)24-21-10-6-7-11-22(21)28-23(24)15-26/h3-5,8-9,12-13H,6-7,10-11H2,1-2H3/b20-13+. The summed E-state index contributed by atoms with van der Waals surface area (Å²) < 4.78 is 2.21. The van der Waals surface area contributed by atoms with Gasteiger partial charge in [0.1, 0.15) is 10.9 Å². The van der Waals surface area contributed by atoms with Crippen molar-refractivity contribution in [2.75, 3.05) is 0 Å². The Labute approximate surface area is 169 Å². The van der Waals surface area contributed by atoms with Gasteiger partial charge in [0.25, 0.3) is 0 Å². The van der Waals surface area contributed by atoms with Crippen LogP contribution in [0.5, 0.6) is 0 Å². The molecule has 3 nitrogen and oxygen atoms in total. The van der Waals surface area contributed by atoms with E-state index in [-0.39, 0.29) is 0 Å². The molecule has 0 saturated heterocycles. The van der Waals surface area contributed by atoms with Gasteiger partial charge in [-0.15, -0.1) is 11.3 Å². The fourth-order valence-corrected chi connectivity index (χ4v) is 5.26. The zero-order valence-electron chi connectivity index (χ0n) is 16.1. The third-order valence-electron chi connectivity index (χ3n) is 5.44. The van der Waals surface area contributed by atoms with Gasteiger partial charge in [0.15, 0.2) is 0 Å². The molecule has 0 radical (unpaired) electrons. The van der Waals surface area contributed by atoms with Crippen molar-refractivity contribution in [3.63, 3.8) is 0 Å². The molecule has 0 fully saturated rings. The number of thiophene rings is 1. The third kappa shape index (κ3) is 3.07. The van der Waals surface area contributed by atoms with Crippen LogP contribution in [0.2, 0.25) is 0 Å². The summed E-state index contributed by atoms with van der Waals surface area (Å²) >= 11 is 1.65. The van der Waals surface area contributed by atoms with E-state index in [9.17, 15) is 10.5 Å². The molecule has 0 N–H and O–H groups in total. The molecule has 1 aliphatic carbocycles. The molecule has 2 heterocycles. The number of benzene rings is 1. The van der Waals surface area contributed by atoms with E-state index >= 15 is 0 Å². The number of allylic oxidation sites excluding steroid dienone is 1. The number of nitrogens with zero attached hydrogens (tertiary/aromatic N) is 3. The summed E-state index contributed by atoms with van der Waals surface area (Å²) in [7, 11) is 0. The fraction of sp³-hybridized carbons (Fsp3) is 0.250. The molecule has 28 heavy (non-hydrogen) atoms. The lowest BCUT2D eigenvalue weighted by Crippen LogP contribution is -2.06. The van der Waals surface area contributed by atoms with Crippen molar-refractivity contribution >= 4 is 23.0 Å². The molecular weight excluding hydrogens is 362 g/mol. The number of aromatic nitrogens is 1. The SMILES string of the molecule is Cc1cc(/C=C(\C#N)c2ccccc2)c(C)n1-c1c(C#N)sc2c1CCCC2. The summed E-state index contributed by atoms with van der Waals surface area (Å²) in [5.41, 5.74) is 7.16. The van der Waals surface area contributed by atoms with E-state index in [1.54, 1.807) is 11.3 Å². The first-order valence-electron chi connectivity index (χ1n) is 9.55. The van der Waals surface area contributed by atoms with E-state index in [0.29, 0.717) is 5.57 Å². The molecule has 0 unspecified atom stereocenters. The molecule has 0 atom stereocenters. The monoisotopic (exact) mass is 383 g/mol. The molecule has 1 aliphatic rings. The molecule has 4 heteroatoms. The molecule has 2 aromatic heterocycles. The van der Waals surface area contributed by atoms with E-state index in [0.717, 1.165) is 45.9 Å². The highest BCUT2D eigenvalue weighted by Gasteiger charge is 2.24. The molecule has 1 aromatic carbocycles. The Balaban J connectivity index is 1.87. The summed E-state index contributed by atoms with van der Waals surface area (Å²) in [4.78, 5) is 2.16. The van der Waals surface area contributed by atoms with E-state index < -0.39 is 0 Å². The van der Waals surface area contributed by atoms with Gasteiger partial charge in [-0.3, -0.25) is 0 Å². The Morgan fingerprint density at radius 1 is 1.11 bits per heavy atom. The minimum Gasteiger partial charge on any atom is -0.316 e. The maximum Gasteiger partial charge on any atom is 0.129 e. The maximum atomic E-state index is 9.74. The molecule has 138 valence electrons. The maximum absolute atomic E-state index is 9.74. The normalized spacial score (nSPS) is 13.6. The van der Waals surface area contributed by atoms with Gasteiger partial charge in [-0.1, -0.05) is 30.3 Å². The van der Waals surface area contributed by atoms with Crippen LogP contribution in [-0.4, -0.2) is 4.57 Å². The van der Waals surface area contributed by atoms with Crippen LogP contribution in [0.3, 0.4) is 0 Å². The second-order valence-electron chi connectivity index (χ2n) is 7.20. The number of aryl methyl sites for hydroxylation is 2. The first-order valence-corrected chi connectivity index (χ1v) is 10.4. The summed E-state index contributed by atoms with van der Waals surface area (Å²) in [6, 6.07) is 16.6. The zero-order chi connectivity index (χ0) is 19.7. The van der Waals surface area contributed by atoms with Gasteiger partial charge in [-0.05, 0) is 68.4 Å². The lowest BCUT2D eigenvalue weighted by Gasteiger charge is -2.16. The van der Waals surface area contributed by atoms with Crippen LogP contribution < -0.4 is 0 Å². The minimum absolute atomic E-state index is 0.647. The molecule has 0 aliphatic heterocycles. The van der Waals surface area contributed by atoms with Gasteiger partial charge >= 0.3 is 0 Å². The molecule has 4 rings (SSSR count). The van der Waals surface area contributed by atoms with E-state index in [1.807, 2.05) is 36.4 Å².